The molecule has 5 heteroatoms. The normalized spacial score (nSPS) is 19.9. The van der Waals surface area contributed by atoms with Crippen molar-refractivity contribution < 1.29 is 0 Å². The third-order valence-electron chi connectivity index (χ3n) is 4.24. The van der Waals surface area contributed by atoms with Gasteiger partial charge in [0.15, 0.2) is 0 Å². The zero-order valence-electron chi connectivity index (χ0n) is 13.0. The lowest BCUT2D eigenvalue weighted by Crippen LogP contribution is -2.27. The smallest absolute Gasteiger partial charge is 0.0767 e. The van der Waals surface area contributed by atoms with Crippen LogP contribution in [0.25, 0.3) is 0 Å². The third-order valence-corrected chi connectivity index (χ3v) is 5.15. The molecule has 1 unspecified atom stereocenters. The first-order valence-electron chi connectivity index (χ1n) is 7.86. The largest absolute Gasteiger partial charge is 0.311 e. The Hall–Kier alpha value is -0.390. The van der Waals surface area contributed by atoms with E-state index in [1.165, 1.54) is 41.9 Å². The predicted octanol–water partition coefficient (Wildman–Crippen LogP) is 2.66. The topological polar surface area (TPSA) is 33.1 Å². The number of aromatic nitrogens is 2. The molecule has 4 nitrogen and oxygen atoms in total. The van der Waals surface area contributed by atoms with Gasteiger partial charge in [0, 0.05) is 19.6 Å². The Bertz CT molecular complexity index is 430. The molecule has 1 aromatic rings. The molecule has 1 aromatic heterocycles. The molecule has 0 saturated carbocycles. The van der Waals surface area contributed by atoms with E-state index in [9.17, 15) is 0 Å². The van der Waals surface area contributed by atoms with Crippen molar-refractivity contribution in [2.75, 3.05) is 26.2 Å². The lowest BCUT2D eigenvalue weighted by Gasteiger charge is -2.14. The van der Waals surface area contributed by atoms with Crippen molar-refractivity contribution in [2.45, 2.75) is 46.7 Å². The first kappa shape index (κ1) is 16.0. The zero-order valence-corrected chi connectivity index (χ0v) is 14.5. The molecule has 2 heterocycles. The van der Waals surface area contributed by atoms with Crippen LogP contribution in [-0.4, -0.2) is 40.9 Å². The van der Waals surface area contributed by atoms with Gasteiger partial charge in [0.25, 0.3) is 0 Å². The van der Waals surface area contributed by atoms with E-state index in [1.807, 2.05) is 0 Å². The minimum absolute atomic E-state index is 0.803. The SMILES string of the molecule is CCc1nn(CC)c(CNCC2CCN(CC)C2)c1Br. The molecular weight excluding hydrogens is 316 g/mol. The van der Waals surface area contributed by atoms with Crippen molar-refractivity contribution in [3.63, 3.8) is 0 Å². The van der Waals surface area contributed by atoms with E-state index in [2.05, 4.69) is 56.7 Å². The van der Waals surface area contributed by atoms with E-state index in [4.69, 9.17) is 0 Å². The number of likely N-dealkylation sites (tertiary alicyclic amines) is 1. The Morgan fingerprint density at radius 2 is 2.10 bits per heavy atom. The van der Waals surface area contributed by atoms with Crippen LogP contribution in [0.2, 0.25) is 0 Å². The van der Waals surface area contributed by atoms with Gasteiger partial charge in [0.05, 0.1) is 15.9 Å². The van der Waals surface area contributed by atoms with Gasteiger partial charge in [-0.1, -0.05) is 13.8 Å². The molecule has 1 aliphatic heterocycles. The molecule has 1 N–H and O–H groups in total. The average molecular weight is 343 g/mol. The Labute approximate surface area is 131 Å². The molecule has 0 bridgehead atoms. The van der Waals surface area contributed by atoms with Gasteiger partial charge in [-0.05, 0) is 61.2 Å². The van der Waals surface area contributed by atoms with Gasteiger partial charge >= 0.3 is 0 Å². The van der Waals surface area contributed by atoms with Crippen molar-refractivity contribution in [3.8, 4) is 0 Å². The Morgan fingerprint density at radius 3 is 2.70 bits per heavy atom. The molecule has 114 valence electrons. The van der Waals surface area contributed by atoms with E-state index in [0.29, 0.717) is 0 Å². The number of nitrogens with one attached hydrogen (secondary N) is 1. The fourth-order valence-corrected chi connectivity index (χ4v) is 3.65. The third kappa shape index (κ3) is 3.62. The molecule has 0 aromatic carbocycles. The standard InChI is InChI=1S/C15H27BrN4/c1-4-13-15(16)14(20(6-3)18-13)10-17-9-12-7-8-19(5-2)11-12/h12,17H,4-11H2,1-3H3. The van der Waals surface area contributed by atoms with Crippen LogP contribution in [0, 0.1) is 5.92 Å². The lowest BCUT2D eigenvalue weighted by molar-refractivity contribution is 0.338. The summed E-state index contributed by atoms with van der Waals surface area (Å²) in [4.78, 5) is 2.54. The highest BCUT2D eigenvalue weighted by Crippen LogP contribution is 2.22. The number of halogens is 1. The lowest BCUT2D eigenvalue weighted by atomic mass is 10.1. The van der Waals surface area contributed by atoms with E-state index in [1.54, 1.807) is 0 Å². The predicted molar refractivity (Wildman–Crippen MR) is 86.9 cm³/mol. The van der Waals surface area contributed by atoms with Gasteiger partial charge in [0.1, 0.15) is 0 Å². The van der Waals surface area contributed by atoms with E-state index < -0.39 is 0 Å². The summed E-state index contributed by atoms with van der Waals surface area (Å²) in [6, 6.07) is 0. The van der Waals surface area contributed by atoms with Gasteiger partial charge in [-0.15, -0.1) is 0 Å². The van der Waals surface area contributed by atoms with Crippen LogP contribution in [-0.2, 0) is 19.5 Å². The molecule has 0 aliphatic carbocycles. The minimum Gasteiger partial charge on any atom is -0.311 e. The monoisotopic (exact) mass is 342 g/mol. The average Bonchev–Trinajstić information content (AvgIpc) is 3.04. The van der Waals surface area contributed by atoms with Gasteiger partial charge in [-0.3, -0.25) is 4.68 Å². The van der Waals surface area contributed by atoms with Gasteiger partial charge in [-0.25, -0.2) is 0 Å². The summed E-state index contributed by atoms with van der Waals surface area (Å²) in [7, 11) is 0. The summed E-state index contributed by atoms with van der Waals surface area (Å²) in [5, 5.41) is 8.27. The quantitative estimate of drug-likeness (QED) is 0.826. The highest BCUT2D eigenvalue weighted by molar-refractivity contribution is 9.10. The number of hydrogen-bond donors (Lipinski definition) is 1. The molecular formula is C15H27BrN4. The maximum absolute atomic E-state index is 4.64. The second-order valence-corrected chi connectivity index (χ2v) is 6.35. The highest BCUT2D eigenvalue weighted by Gasteiger charge is 2.21. The molecule has 1 aliphatic rings. The second kappa shape index (κ2) is 7.57. The fraction of sp³-hybridized carbons (Fsp3) is 0.800. The van der Waals surface area contributed by atoms with Crippen molar-refractivity contribution >= 4 is 15.9 Å². The number of rotatable bonds is 7. The Morgan fingerprint density at radius 1 is 1.30 bits per heavy atom. The van der Waals surface area contributed by atoms with Crippen LogP contribution in [0.3, 0.4) is 0 Å². The van der Waals surface area contributed by atoms with E-state index >= 15 is 0 Å². The second-order valence-electron chi connectivity index (χ2n) is 5.56. The van der Waals surface area contributed by atoms with Gasteiger partial charge in [0.2, 0.25) is 0 Å². The van der Waals surface area contributed by atoms with Crippen LogP contribution >= 0.6 is 15.9 Å². The number of nitrogens with zero attached hydrogens (tertiary/aromatic N) is 3. The summed E-state index contributed by atoms with van der Waals surface area (Å²) >= 11 is 3.71. The van der Waals surface area contributed by atoms with Crippen LogP contribution < -0.4 is 5.32 Å². The summed E-state index contributed by atoms with van der Waals surface area (Å²) < 4.78 is 3.30. The maximum Gasteiger partial charge on any atom is 0.0767 e. The van der Waals surface area contributed by atoms with Crippen molar-refractivity contribution in [1.82, 2.24) is 20.0 Å². The highest BCUT2D eigenvalue weighted by atomic mass is 79.9. The summed E-state index contributed by atoms with van der Waals surface area (Å²) in [5.41, 5.74) is 2.45. The van der Waals surface area contributed by atoms with E-state index in [0.717, 1.165) is 32.0 Å². The van der Waals surface area contributed by atoms with Crippen molar-refractivity contribution in [1.29, 1.82) is 0 Å². The van der Waals surface area contributed by atoms with Crippen LogP contribution in [0.15, 0.2) is 4.47 Å². The van der Waals surface area contributed by atoms with Crippen LogP contribution in [0.1, 0.15) is 38.6 Å². The molecule has 1 saturated heterocycles. The fourth-order valence-electron chi connectivity index (χ4n) is 2.95. The van der Waals surface area contributed by atoms with Gasteiger partial charge in [-0.2, -0.15) is 5.10 Å². The maximum atomic E-state index is 4.64. The number of aryl methyl sites for hydroxylation is 2. The summed E-state index contributed by atoms with van der Waals surface area (Å²) in [6.07, 6.45) is 2.31. The molecule has 1 fully saturated rings. The van der Waals surface area contributed by atoms with Gasteiger partial charge < -0.3 is 10.2 Å². The van der Waals surface area contributed by atoms with Crippen molar-refractivity contribution in [3.05, 3.63) is 15.9 Å². The molecule has 20 heavy (non-hydrogen) atoms. The molecule has 2 rings (SSSR count). The molecule has 1 atom stereocenters. The Kier molecular flexibility index (Phi) is 6.05. The van der Waals surface area contributed by atoms with Crippen LogP contribution in [0.5, 0.6) is 0 Å². The van der Waals surface area contributed by atoms with E-state index in [-0.39, 0.29) is 0 Å². The van der Waals surface area contributed by atoms with Crippen LogP contribution in [0.4, 0.5) is 0 Å². The Balaban J connectivity index is 1.86. The first-order valence-corrected chi connectivity index (χ1v) is 8.65. The molecule has 0 spiro atoms. The molecule has 0 radical (unpaired) electrons. The molecule has 0 amide bonds. The first-order chi connectivity index (χ1) is 9.69. The number of hydrogen-bond acceptors (Lipinski definition) is 3. The van der Waals surface area contributed by atoms with Crippen molar-refractivity contribution in [2.24, 2.45) is 5.92 Å². The zero-order chi connectivity index (χ0) is 14.5. The summed E-state index contributed by atoms with van der Waals surface area (Å²) in [5.74, 6) is 0.803. The minimum atomic E-state index is 0.803. The summed E-state index contributed by atoms with van der Waals surface area (Å²) in [6.45, 7) is 13.2.